The quantitative estimate of drug-likeness (QED) is 0.855. The summed E-state index contributed by atoms with van der Waals surface area (Å²) >= 11 is 0.661. The maximum absolute atomic E-state index is 11.8. The van der Waals surface area contributed by atoms with Crippen molar-refractivity contribution < 1.29 is 23.8 Å². The van der Waals surface area contributed by atoms with E-state index in [0.717, 1.165) is 0 Å². The van der Waals surface area contributed by atoms with Gasteiger partial charge in [0, 0.05) is 5.69 Å². The summed E-state index contributed by atoms with van der Waals surface area (Å²) in [5.41, 5.74) is 0.350. The summed E-state index contributed by atoms with van der Waals surface area (Å²) in [7, 11) is 1.23. The summed E-state index contributed by atoms with van der Waals surface area (Å²) in [6.45, 7) is 1.61. The molecule has 0 aromatic carbocycles. The second kappa shape index (κ2) is 5.33. The van der Waals surface area contributed by atoms with E-state index in [9.17, 15) is 14.4 Å². The summed E-state index contributed by atoms with van der Waals surface area (Å²) in [6.07, 6.45) is 0. The Hall–Kier alpha value is -2.35. The van der Waals surface area contributed by atoms with Crippen LogP contribution in [0.4, 0.5) is 0 Å². The molecule has 0 amide bonds. The number of esters is 1. The molecule has 106 valence electrons. The van der Waals surface area contributed by atoms with Crippen LogP contribution < -0.4 is 4.87 Å². The molecule has 0 aliphatic carbocycles. The monoisotopic (exact) mass is 297 g/mol. The van der Waals surface area contributed by atoms with E-state index < -0.39 is 16.8 Å². The van der Waals surface area contributed by atoms with Crippen LogP contribution in [0.1, 0.15) is 31.7 Å². The van der Waals surface area contributed by atoms with Gasteiger partial charge in [0.25, 0.3) is 0 Å². The van der Waals surface area contributed by atoms with Gasteiger partial charge in [-0.3, -0.25) is 9.36 Å². The summed E-state index contributed by atoms with van der Waals surface area (Å²) in [6, 6.07) is 2.97. The second-order valence-electron chi connectivity index (χ2n) is 3.93. The summed E-state index contributed by atoms with van der Waals surface area (Å²) in [4.78, 5) is 33.5. The molecule has 2 aromatic rings. The highest BCUT2D eigenvalue weighted by Gasteiger charge is 2.18. The maximum atomic E-state index is 11.8. The third-order valence-corrected chi connectivity index (χ3v) is 3.77. The Morgan fingerprint density at radius 1 is 1.45 bits per heavy atom. The van der Waals surface area contributed by atoms with Crippen LogP contribution in [0.5, 0.6) is 0 Å². The van der Waals surface area contributed by atoms with Gasteiger partial charge in [-0.25, -0.2) is 9.59 Å². The second-order valence-corrected chi connectivity index (χ2v) is 4.89. The number of aromatic nitrogens is 1. The summed E-state index contributed by atoms with van der Waals surface area (Å²) in [5.74, 6) is -1.36. The topological polar surface area (TPSA) is 98.7 Å². The first-order valence-electron chi connectivity index (χ1n) is 5.54. The molecular weight excluding hydrogens is 286 g/mol. The van der Waals surface area contributed by atoms with Crippen LogP contribution in [0, 0.1) is 6.92 Å². The number of furan rings is 1. The molecule has 0 unspecified atom stereocenters. The minimum atomic E-state index is -1.14. The lowest BCUT2D eigenvalue weighted by molar-refractivity contribution is 0.0562. The highest BCUT2D eigenvalue weighted by Crippen LogP contribution is 2.15. The van der Waals surface area contributed by atoms with Gasteiger partial charge >= 0.3 is 16.8 Å². The van der Waals surface area contributed by atoms with E-state index in [1.54, 1.807) is 6.92 Å². The van der Waals surface area contributed by atoms with E-state index in [4.69, 9.17) is 9.52 Å². The van der Waals surface area contributed by atoms with Crippen molar-refractivity contribution in [3.8, 4) is 0 Å². The number of carboxylic acids is 1. The van der Waals surface area contributed by atoms with Crippen LogP contribution in [0.3, 0.4) is 0 Å². The summed E-state index contributed by atoms with van der Waals surface area (Å²) < 4.78 is 11.0. The number of carbonyl (C=O) groups excluding carboxylic acids is 1. The van der Waals surface area contributed by atoms with Crippen LogP contribution in [-0.2, 0) is 11.3 Å². The number of rotatable bonds is 4. The third kappa shape index (κ3) is 2.50. The molecule has 0 aliphatic rings. The minimum Gasteiger partial charge on any atom is -0.477 e. The molecule has 2 aromatic heterocycles. The number of carboxylic acid groups (broad SMARTS) is 1. The van der Waals surface area contributed by atoms with E-state index in [2.05, 4.69) is 4.74 Å². The van der Waals surface area contributed by atoms with Crippen molar-refractivity contribution in [3.05, 3.63) is 43.9 Å². The van der Waals surface area contributed by atoms with Crippen molar-refractivity contribution in [2.24, 2.45) is 0 Å². The molecule has 8 heteroatoms. The SMILES string of the molecule is COC(=O)c1ccc(Cn2c(C)c(C(=O)O)sc2=O)o1. The molecule has 0 fully saturated rings. The average Bonchev–Trinajstić information content (AvgIpc) is 2.98. The predicted octanol–water partition coefficient (Wildman–Crippen LogP) is 1.34. The normalized spacial score (nSPS) is 10.5. The maximum Gasteiger partial charge on any atom is 0.373 e. The molecule has 0 spiro atoms. The first kappa shape index (κ1) is 14.1. The van der Waals surface area contributed by atoms with E-state index in [0.29, 0.717) is 22.8 Å². The van der Waals surface area contributed by atoms with Crippen molar-refractivity contribution in [2.75, 3.05) is 7.11 Å². The fourth-order valence-electron chi connectivity index (χ4n) is 1.69. The molecule has 2 heterocycles. The Labute approximate surface area is 117 Å². The van der Waals surface area contributed by atoms with Crippen LogP contribution in [0.2, 0.25) is 0 Å². The smallest absolute Gasteiger partial charge is 0.373 e. The standard InChI is InChI=1S/C12H11NO6S/c1-6-9(10(14)15)20-12(17)13(6)5-7-3-4-8(19-7)11(16)18-2/h3-4H,5H2,1-2H3,(H,14,15). The van der Waals surface area contributed by atoms with Gasteiger partial charge in [0.2, 0.25) is 5.76 Å². The van der Waals surface area contributed by atoms with Gasteiger partial charge < -0.3 is 14.3 Å². The van der Waals surface area contributed by atoms with Gasteiger partial charge in [-0.1, -0.05) is 11.3 Å². The van der Waals surface area contributed by atoms with Crippen molar-refractivity contribution in [1.29, 1.82) is 0 Å². The van der Waals surface area contributed by atoms with E-state index >= 15 is 0 Å². The zero-order chi connectivity index (χ0) is 14.9. The van der Waals surface area contributed by atoms with Crippen LogP contribution in [0.15, 0.2) is 21.3 Å². The Balaban J connectivity index is 2.31. The molecule has 2 rings (SSSR count). The molecule has 0 saturated heterocycles. The highest BCUT2D eigenvalue weighted by atomic mass is 32.1. The minimum absolute atomic E-state index is 0.00486. The highest BCUT2D eigenvalue weighted by molar-refractivity contribution is 7.11. The number of ether oxygens (including phenoxy) is 1. The largest absolute Gasteiger partial charge is 0.477 e. The van der Waals surface area contributed by atoms with Gasteiger partial charge in [0.15, 0.2) is 0 Å². The predicted molar refractivity (Wildman–Crippen MR) is 69.4 cm³/mol. The molecular formula is C12H11NO6S. The molecule has 0 radical (unpaired) electrons. The van der Waals surface area contributed by atoms with Gasteiger partial charge in [-0.2, -0.15) is 0 Å². The Morgan fingerprint density at radius 3 is 2.70 bits per heavy atom. The number of carbonyl (C=O) groups is 2. The zero-order valence-electron chi connectivity index (χ0n) is 10.7. The lowest BCUT2D eigenvalue weighted by atomic mass is 10.3. The molecule has 20 heavy (non-hydrogen) atoms. The van der Waals surface area contributed by atoms with Crippen LogP contribution >= 0.6 is 11.3 Å². The number of thiazole rings is 1. The molecule has 0 aliphatic heterocycles. The Morgan fingerprint density at radius 2 is 2.15 bits per heavy atom. The fourth-order valence-corrected chi connectivity index (χ4v) is 2.52. The molecule has 0 atom stereocenters. The first-order valence-corrected chi connectivity index (χ1v) is 6.36. The average molecular weight is 297 g/mol. The number of nitrogens with zero attached hydrogens (tertiary/aromatic N) is 1. The summed E-state index contributed by atoms with van der Waals surface area (Å²) in [5, 5.41) is 8.95. The lowest BCUT2D eigenvalue weighted by Gasteiger charge is -2.02. The van der Waals surface area contributed by atoms with Crippen LogP contribution in [-0.4, -0.2) is 28.7 Å². The van der Waals surface area contributed by atoms with Crippen molar-refractivity contribution in [1.82, 2.24) is 4.57 Å². The third-order valence-electron chi connectivity index (χ3n) is 2.70. The number of hydrogen-bond acceptors (Lipinski definition) is 6. The van der Waals surface area contributed by atoms with E-state index in [-0.39, 0.29) is 17.2 Å². The van der Waals surface area contributed by atoms with Gasteiger partial charge in [-0.05, 0) is 19.1 Å². The molecule has 1 N–H and O–H groups in total. The van der Waals surface area contributed by atoms with Crippen LogP contribution in [0.25, 0.3) is 0 Å². The van der Waals surface area contributed by atoms with Crippen molar-refractivity contribution >= 4 is 23.3 Å². The Bertz CT molecular complexity index is 723. The molecule has 0 saturated carbocycles. The Kier molecular flexibility index (Phi) is 3.75. The molecule has 7 nitrogen and oxygen atoms in total. The number of methoxy groups -OCH3 is 1. The number of hydrogen-bond donors (Lipinski definition) is 1. The van der Waals surface area contributed by atoms with E-state index in [1.165, 1.54) is 23.8 Å². The van der Waals surface area contributed by atoms with Crippen molar-refractivity contribution in [3.63, 3.8) is 0 Å². The van der Waals surface area contributed by atoms with E-state index in [1.807, 2.05) is 0 Å². The fraction of sp³-hybridized carbons (Fsp3) is 0.250. The lowest BCUT2D eigenvalue weighted by Crippen LogP contribution is -2.15. The van der Waals surface area contributed by atoms with Gasteiger partial charge in [0.1, 0.15) is 10.6 Å². The van der Waals surface area contributed by atoms with Gasteiger partial charge in [-0.15, -0.1) is 0 Å². The van der Waals surface area contributed by atoms with Gasteiger partial charge in [0.05, 0.1) is 13.7 Å². The number of aromatic carboxylic acids is 1. The zero-order valence-corrected chi connectivity index (χ0v) is 11.5. The van der Waals surface area contributed by atoms with Crippen molar-refractivity contribution in [2.45, 2.75) is 13.5 Å². The molecule has 0 bridgehead atoms. The first-order chi connectivity index (χ1) is 9.43.